The lowest BCUT2D eigenvalue weighted by molar-refractivity contribution is -0.0512. The summed E-state index contributed by atoms with van der Waals surface area (Å²) in [5, 5.41) is 0. The average molecular weight is 637 g/mol. The maximum Gasteiger partial charge on any atom is 0.387 e. The number of furan rings is 1. The zero-order valence-corrected chi connectivity index (χ0v) is 21.2. The lowest BCUT2D eigenvalue weighted by Gasteiger charge is -2.10. The number of benzene rings is 2. The summed E-state index contributed by atoms with van der Waals surface area (Å²) in [6, 6.07) is 11.1. The molecule has 3 rings (SSSR count). The normalized spacial score (nSPS) is 11.2. The molecule has 0 aliphatic rings. The molecule has 0 unspecified atom stereocenters. The van der Waals surface area contributed by atoms with Crippen molar-refractivity contribution in [3.05, 3.63) is 79.0 Å². The molecule has 0 spiro atoms. The number of ether oxygens (including phenoxy) is 3. The molecule has 0 amide bonds. The molecule has 0 aliphatic heterocycles. The van der Waals surface area contributed by atoms with Crippen LogP contribution in [0.2, 0.25) is 0 Å². The van der Waals surface area contributed by atoms with E-state index in [1.807, 2.05) is 12.1 Å². The zero-order valence-electron chi connectivity index (χ0n) is 16.4. The summed E-state index contributed by atoms with van der Waals surface area (Å²) in [5.74, 6) is 1.17. The van der Waals surface area contributed by atoms with Crippen molar-refractivity contribution >= 4 is 59.6 Å². The van der Waals surface area contributed by atoms with Crippen LogP contribution in [0.4, 0.5) is 8.78 Å². The number of hydrogen-bond acceptors (Lipinski definition) is 5. The van der Waals surface area contributed by atoms with Crippen molar-refractivity contribution in [2.75, 3.05) is 7.11 Å². The molecule has 0 saturated carbocycles. The second kappa shape index (κ2) is 11.1. The van der Waals surface area contributed by atoms with E-state index in [9.17, 15) is 13.6 Å². The van der Waals surface area contributed by atoms with Gasteiger partial charge in [0.15, 0.2) is 17.3 Å². The largest absolute Gasteiger partial charge is 0.493 e. The van der Waals surface area contributed by atoms with Crippen LogP contribution in [0, 0.1) is 0 Å². The van der Waals surface area contributed by atoms with Crippen LogP contribution in [0.5, 0.6) is 17.2 Å². The summed E-state index contributed by atoms with van der Waals surface area (Å²) in [6.45, 7) is -2.81. The smallest absolute Gasteiger partial charge is 0.387 e. The molecule has 2 aromatic carbocycles. The minimum atomic E-state index is -2.99. The van der Waals surface area contributed by atoms with Crippen molar-refractivity contribution in [2.45, 2.75) is 13.2 Å². The number of allylic oxidation sites excluding steroid dienone is 1. The van der Waals surface area contributed by atoms with Crippen LogP contribution in [-0.2, 0) is 6.61 Å². The first-order chi connectivity index (χ1) is 15.3. The summed E-state index contributed by atoms with van der Waals surface area (Å²) in [4.78, 5) is 12.4. The molecular formula is C22H15Br3F2O5. The number of halogens is 5. The predicted octanol–water partition coefficient (Wildman–Crippen LogP) is 7.65. The number of carbonyl (C=O) groups is 1. The fraction of sp³-hybridized carbons (Fsp3) is 0.136. The zero-order chi connectivity index (χ0) is 23.3. The Morgan fingerprint density at radius 3 is 2.44 bits per heavy atom. The van der Waals surface area contributed by atoms with Gasteiger partial charge in [0.05, 0.1) is 16.1 Å². The van der Waals surface area contributed by atoms with E-state index in [1.54, 1.807) is 12.1 Å². The van der Waals surface area contributed by atoms with Crippen LogP contribution in [0.1, 0.15) is 21.9 Å². The van der Waals surface area contributed by atoms with E-state index >= 15 is 0 Å². The van der Waals surface area contributed by atoms with E-state index in [0.717, 1.165) is 13.4 Å². The van der Waals surface area contributed by atoms with Gasteiger partial charge in [0.25, 0.3) is 0 Å². The van der Waals surface area contributed by atoms with Crippen molar-refractivity contribution in [1.29, 1.82) is 0 Å². The Bertz CT molecular complexity index is 1120. The number of hydrogen-bond donors (Lipinski definition) is 0. The van der Waals surface area contributed by atoms with Gasteiger partial charge in [-0.1, -0.05) is 15.9 Å². The van der Waals surface area contributed by atoms with Gasteiger partial charge in [-0.3, -0.25) is 4.79 Å². The van der Waals surface area contributed by atoms with Gasteiger partial charge in [-0.2, -0.15) is 8.78 Å². The fourth-order valence-electron chi connectivity index (χ4n) is 2.64. The minimum Gasteiger partial charge on any atom is -0.493 e. The van der Waals surface area contributed by atoms with Crippen molar-refractivity contribution in [1.82, 2.24) is 0 Å². The molecule has 0 aliphatic carbocycles. The van der Waals surface area contributed by atoms with Crippen LogP contribution in [0.3, 0.4) is 0 Å². The first-order valence-electron chi connectivity index (χ1n) is 8.98. The minimum absolute atomic E-state index is 0.0345. The summed E-state index contributed by atoms with van der Waals surface area (Å²) in [5.41, 5.74) is 0.250. The van der Waals surface area contributed by atoms with E-state index in [4.69, 9.17) is 13.9 Å². The van der Waals surface area contributed by atoms with E-state index in [1.165, 1.54) is 37.5 Å². The lowest BCUT2D eigenvalue weighted by Crippen LogP contribution is -2.04. The molecule has 10 heteroatoms. The molecule has 0 fully saturated rings. The highest BCUT2D eigenvalue weighted by Crippen LogP contribution is 2.37. The quantitative estimate of drug-likeness (QED) is 0.178. The second-order valence-corrected chi connectivity index (χ2v) is 8.86. The number of alkyl halides is 2. The van der Waals surface area contributed by atoms with Crippen LogP contribution >= 0.6 is 47.8 Å². The summed E-state index contributed by atoms with van der Waals surface area (Å²) >= 11 is 10.3. The van der Waals surface area contributed by atoms with E-state index in [2.05, 4.69) is 52.5 Å². The van der Waals surface area contributed by atoms with Gasteiger partial charge >= 0.3 is 6.61 Å². The Morgan fingerprint density at radius 2 is 1.78 bits per heavy atom. The van der Waals surface area contributed by atoms with Gasteiger partial charge in [0, 0.05) is 10.0 Å². The molecular weight excluding hydrogens is 622 g/mol. The van der Waals surface area contributed by atoms with Gasteiger partial charge in [0.1, 0.15) is 23.9 Å². The van der Waals surface area contributed by atoms with Crippen molar-refractivity contribution in [2.24, 2.45) is 0 Å². The predicted molar refractivity (Wildman–Crippen MR) is 126 cm³/mol. The van der Waals surface area contributed by atoms with Gasteiger partial charge in [0.2, 0.25) is 0 Å². The van der Waals surface area contributed by atoms with Crippen molar-refractivity contribution in [3.8, 4) is 17.2 Å². The SMILES string of the molecule is COc1cc(C(=O)/C=C/c2ccc(COc3c(Br)cc(Br)cc3Br)o2)ccc1OC(F)F. The van der Waals surface area contributed by atoms with Crippen LogP contribution < -0.4 is 14.2 Å². The van der Waals surface area contributed by atoms with Crippen molar-refractivity contribution < 1.29 is 32.2 Å². The summed E-state index contributed by atoms with van der Waals surface area (Å²) < 4.78 is 48.2. The van der Waals surface area contributed by atoms with Crippen LogP contribution in [0.25, 0.3) is 6.08 Å². The highest BCUT2D eigenvalue weighted by Gasteiger charge is 2.14. The van der Waals surface area contributed by atoms with E-state index in [-0.39, 0.29) is 29.5 Å². The Hall–Kier alpha value is -2.17. The van der Waals surface area contributed by atoms with Crippen LogP contribution in [0.15, 0.2) is 66.4 Å². The topological polar surface area (TPSA) is 57.9 Å². The van der Waals surface area contributed by atoms with E-state index < -0.39 is 6.61 Å². The van der Waals surface area contributed by atoms with Crippen molar-refractivity contribution in [3.63, 3.8) is 0 Å². The maximum atomic E-state index is 12.4. The second-order valence-electron chi connectivity index (χ2n) is 6.23. The monoisotopic (exact) mass is 634 g/mol. The molecule has 0 N–H and O–H groups in total. The highest BCUT2D eigenvalue weighted by atomic mass is 79.9. The number of ketones is 1. The molecule has 1 aromatic heterocycles. The summed E-state index contributed by atoms with van der Waals surface area (Å²) in [6.07, 6.45) is 2.82. The Balaban J connectivity index is 1.65. The fourth-order valence-corrected chi connectivity index (χ4v) is 5.13. The Kier molecular flexibility index (Phi) is 8.50. The molecule has 32 heavy (non-hydrogen) atoms. The van der Waals surface area contributed by atoms with Gasteiger partial charge in [-0.25, -0.2) is 0 Å². The van der Waals surface area contributed by atoms with E-state index in [0.29, 0.717) is 17.3 Å². The third-order valence-corrected chi connectivity index (χ3v) is 5.70. The molecule has 5 nitrogen and oxygen atoms in total. The lowest BCUT2D eigenvalue weighted by atomic mass is 10.1. The number of carbonyl (C=O) groups excluding carboxylic acids is 1. The Morgan fingerprint density at radius 1 is 1.06 bits per heavy atom. The van der Waals surface area contributed by atoms with Gasteiger partial charge in [-0.05, 0) is 86.5 Å². The first-order valence-corrected chi connectivity index (χ1v) is 11.4. The molecule has 0 radical (unpaired) electrons. The van der Waals surface area contributed by atoms with Gasteiger partial charge < -0.3 is 18.6 Å². The first kappa shape index (κ1) is 24.5. The molecule has 1 heterocycles. The number of methoxy groups -OCH3 is 1. The molecule has 168 valence electrons. The third-order valence-electron chi connectivity index (χ3n) is 4.07. The maximum absolute atomic E-state index is 12.4. The molecule has 0 saturated heterocycles. The molecule has 3 aromatic rings. The molecule has 0 atom stereocenters. The average Bonchev–Trinajstić information content (AvgIpc) is 3.19. The standard InChI is InChI=1S/C22H15Br3F2O5/c1-29-20-8-12(2-7-19(20)32-22(26)27)18(28)6-5-14-3-4-15(31-14)11-30-21-16(24)9-13(23)10-17(21)25/h2-10,22H,11H2,1H3/b6-5+. The third kappa shape index (κ3) is 6.43. The van der Waals surface area contributed by atoms with Gasteiger partial charge in [-0.15, -0.1) is 0 Å². The number of rotatable bonds is 9. The highest BCUT2D eigenvalue weighted by molar-refractivity contribution is 9.11. The van der Waals surface area contributed by atoms with Crippen LogP contribution in [-0.4, -0.2) is 19.5 Å². The Labute approximate surface area is 207 Å². The summed E-state index contributed by atoms with van der Waals surface area (Å²) in [7, 11) is 1.30. The molecule has 0 bridgehead atoms.